The molecule has 0 unspecified atom stereocenters. The second-order valence-electron chi connectivity index (χ2n) is 6.24. The van der Waals surface area contributed by atoms with Crippen molar-refractivity contribution in [3.8, 4) is 10.6 Å². The number of hydrogen-bond acceptors (Lipinski definition) is 8. The molecule has 0 spiro atoms. The van der Waals surface area contributed by atoms with E-state index in [1.165, 1.54) is 6.92 Å². The van der Waals surface area contributed by atoms with Gasteiger partial charge in [-0.2, -0.15) is 36.4 Å². The fraction of sp³-hybridized carbons (Fsp3) is 0.312. The highest BCUT2D eigenvalue weighted by atomic mass is 32.2. The van der Waals surface area contributed by atoms with Crippen molar-refractivity contribution in [2.75, 3.05) is 5.75 Å². The Morgan fingerprint density at radius 2 is 1.85 bits per heavy atom. The van der Waals surface area contributed by atoms with Crippen LogP contribution in [0.5, 0.6) is 0 Å². The monoisotopic (exact) mass is 531 g/mol. The van der Waals surface area contributed by atoms with Gasteiger partial charge in [-0.05, 0) is 6.07 Å². The number of alkyl halides is 6. The van der Waals surface area contributed by atoms with E-state index in [0.29, 0.717) is 16.0 Å². The average Bonchev–Trinajstić information content (AvgIpc) is 3.35. The molecule has 0 aliphatic carbocycles. The Balaban J connectivity index is 2.12. The number of nitrogens with zero attached hydrogens (tertiary/aromatic N) is 5. The van der Waals surface area contributed by atoms with E-state index in [9.17, 15) is 39.6 Å². The van der Waals surface area contributed by atoms with Gasteiger partial charge in [0.1, 0.15) is 10.7 Å². The molecule has 17 heteroatoms. The first-order chi connectivity index (χ1) is 15.1. The van der Waals surface area contributed by atoms with Crippen molar-refractivity contribution in [3.63, 3.8) is 0 Å². The van der Waals surface area contributed by atoms with Crippen molar-refractivity contribution < 1.29 is 39.6 Å². The Kier molecular flexibility index (Phi) is 6.51. The van der Waals surface area contributed by atoms with Gasteiger partial charge >= 0.3 is 12.4 Å². The predicted molar refractivity (Wildman–Crippen MR) is 104 cm³/mol. The van der Waals surface area contributed by atoms with Crippen molar-refractivity contribution in [3.05, 3.63) is 38.8 Å². The average molecular weight is 531 g/mol. The Hall–Kier alpha value is -2.66. The second kappa shape index (κ2) is 8.60. The van der Waals surface area contributed by atoms with Gasteiger partial charge in [0.15, 0.2) is 15.5 Å². The van der Waals surface area contributed by atoms with Gasteiger partial charge in [-0.25, -0.2) is 23.1 Å². The maximum absolute atomic E-state index is 12.8. The number of aryl methyl sites for hydroxylation is 1. The summed E-state index contributed by atoms with van der Waals surface area (Å²) in [6.07, 6.45) is -8.56. The highest BCUT2D eigenvalue weighted by Crippen LogP contribution is 2.34. The maximum atomic E-state index is 12.8. The summed E-state index contributed by atoms with van der Waals surface area (Å²) >= 11 is 0.650. The SMILES string of the molecule is CCS(=O)(=O)c1cc(-c2nc(C(F)(F)F)cs2)cnc1C(=O)N=c1sc(C(F)(F)F)nn1C. The highest BCUT2D eigenvalue weighted by Gasteiger charge is 2.36. The molecule has 0 aliphatic rings. The van der Waals surface area contributed by atoms with Gasteiger partial charge in [-0.3, -0.25) is 4.79 Å². The van der Waals surface area contributed by atoms with Gasteiger partial charge in [0, 0.05) is 24.2 Å². The lowest BCUT2D eigenvalue weighted by atomic mass is 10.2. The minimum absolute atomic E-state index is 0.0609. The summed E-state index contributed by atoms with van der Waals surface area (Å²) in [7, 11) is -3.02. The van der Waals surface area contributed by atoms with Gasteiger partial charge in [0.2, 0.25) is 9.81 Å². The number of amides is 1. The Morgan fingerprint density at radius 3 is 2.36 bits per heavy atom. The number of carbonyl (C=O) groups is 1. The molecular weight excluding hydrogens is 520 g/mol. The van der Waals surface area contributed by atoms with E-state index < -0.39 is 59.9 Å². The third kappa shape index (κ3) is 5.30. The van der Waals surface area contributed by atoms with Crippen LogP contribution in [0.2, 0.25) is 0 Å². The zero-order valence-corrected chi connectivity index (χ0v) is 18.8. The lowest BCUT2D eigenvalue weighted by Crippen LogP contribution is -2.18. The van der Waals surface area contributed by atoms with Crippen LogP contribution in [0.25, 0.3) is 10.6 Å². The van der Waals surface area contributed by atoms with E-state index in [1.54, 1.807) is 0 Å². The first-order valence-corrected chi connectivity index (χ1v) is 11.9. The fourth-order valence-electron chi connectivity index (χ4n) is 2.35. The minimum atomic E-state index is -4.78. The van der Waals surface area contributed by atoms with Crippen LogP contribution < -0.4 is 4.80 Å². The second-order valence-corrected chi connectivity index (χ2v) is 10.3. The Morgan fingerprint density at radius 1 is 1.18 bits per heavy atom. The van der Waals surface area contributed by atoms with Crippen LogP contribution in [0.1, 0.15) is 28.1 Å². The zero-order valence-electron chi connectivity index (χ0n) is 16.4. The number of thiazole rings is 1. The van der Waals surface area contributed by atoms with E-state index in [2.05, 4.69) is 20.1 Å². The van der Waals surface area contributed by atoms with Gasteiger partial charge in [-0.1, -0.05) is 18.3 Å². The highest BCUT2D eigenvalue weighted by molar-refractivity contribution is 7.91. The summed E-state index contributed by atoms with van der Waals surface area (Å²) < 4.78 is 103. The van der Waals surface area contributed by atoms with Crippen LogP contribution in [0.15, 0.2) is 27.5 Å². The molecule has 0 atom stereocenters. The van der Waals surface area contributed by atoms with Crippen LogP contribution in [0.3, 0.4) is 0 Å². The van der Waals surface area contributed by atoms with Gasteiger partial charge < -0.3 is 0 Å². The molecule has 0 N–H and O–H groups in total. The van der Waals surface area contributed by atoms with Crippen LogP contribution in [0, 0.1) is 0 Å². The number of rotatable bonds is 4. The Bertz CT molecular complexity index is 1390. The summed E-state index contributed by atoms with van der Waals surface area (Å²) in [6, 6.07) is 0.932. The van der Waals surface area contributed by atoms with E-state index >= 15 is 0 Å². The van der Waals surface area contributed by atoms with E-state index in [0.717, 1.165) is 24.7 Å². The summed E-state index contributed by atoms with van der Waals surface area (Å²) in [5, 5.41) is 2.49. The minimum Gasteiger partial charge on any atom is -0.265 e. The number of aromatic nitrogens is 4. The first kappa shape index (κ1) is 25.0. The Labute approximate surface area is 189 Å². The zero-order chi connectivity index (χ0) is 24.8. The van der Waals surface area contributed by atoms with Gasteiger partial charge in [-0.15, -0.1) is 11.3 Å². The molecule has 1 amide bonds. The summed E-state index contributed by atoms with van der Waals surface area (Å²) in [6.45, 7) is 1.26. The van der Waals surface area contributed by atoms with Gasteiger partial charge in [0.25, 0.3) is 5.91 Å². The molecule has 0 radical (unpaired) electrons. The molecule has 0 aliphatic heterocycles. The standard InChI is InChI=1S/C16H11F6N5O3S3/c1-3-33(29,30)8-4-7(12-24-9(6-31-12)15(17,18)19)5-23-10(8)11(28)25-14-27(2)26-13(32-14)16(20,21)22/h4-6H,3H2,1-2H3. The summed E-state index contributed by atoms with van der Waals surface area (Å²) in [5.41, 5.74) is -1.98. The lowest BCUT2D eigenvalue weighted by molar-refractivity contribution is -0.140. The van der Waals surface area contributed by atoms with Crippen LogP contribution in [-0.2, 0) is 29.2 Å². The number of hydrogen-bond donors (Lipinski definition) is 0. The smallest absolute Gasteiger partial charge is 0.265 e. The fourth-order valence-corrected chi connectivity index (χ4v) is 4.97. The molecule has 3 heterocycles. The maximum Gasteiger partial charge on any atom is 0.445 e. The molecule has 3 rings (SSSR count). The molecule has 0 fully saturated rings. The quantitative estimate of drug-likeness (QED) is 0.477. The van der Waals surface area contributed by atoms with E-state index in [4.69, 9.17) is 0 Å². The molecule has 33 heavy (non-hydrogen) atoms. The predicted octanol–water partition coefficient (Wildman–Crippen LogP) is 3.57. The third-order valence-electron chi connectivity index (χ3n) is 3.96. The number of sulfone groups is 1. The number of halogens is 6. The third-order valence-corrected chi connectivity index (χ3v) is 7.63. The van der Waals surface area contributed by atoms with Crippen LogP contribution >= 0.6 is 22.7 Å². The van der Waals surface area contributed by atoms with Crippen molar-refractivity contribution in [1.29, 1.82) is 0 Å². The summed E-state index contributed by atoms with van der Waals surface area (Å²) in [4.78, 5) is 22.2. The van der Waals surface area contributed by atoms with Gasteiger partial charge in [0.05, 0.1) is 10.6 Å². The first-order valence-electron chi connectivity index (χ1n) is 8.59. The van der Waals surface area contributed by atoms with Crippen molar-refractivity contribution >= 4 is 38.4 Å². The molecule has 0 aromatic carbocycles. The van der Waals surface area contributed by atoms with E-state index in [-0.39, 0.29) is 21.9 Å². The van der Waals surface area contributed by atoms with Crippen LogP contribution in [0.4, 0.5) is 26.3 Å². The largest absolute Gasteiger partial charge is 0.445 e. The summed E-state index contributed by atoms with van der Waals surface area (Å²) in [5.74, 6) is -1.76. The topological polar surface area (TPSA) is 107 Å². The molecule has 3 aromatic rings. The normalized spacial score (nSPS) is 13.5. The van der Waals surface area contributed by atoms with Crippen molar-refractivity contribution in [2.24, 2.45) is 12.0 Å². The van der Waals surface area contributed by atoms with Crippen LogP contribution in [-0.4, -0.2) is 39.8 Å². The lowest BCUT2D eigenvalue weighted by Gasteiger charge is -2.07. The molecule has 3 aromatic heterocycles. The molecule has 0 bridgehead atoms. The van der Waals surface area contributed by atoms with Crippen molar-refractivity contribution in [1.82, 2.24) is 19.7 Å². The van der Waals surface area contributed by atoms with E-state index in [1.807, 2.05) is 0 Å². The van der Waals surface area contributed by atoms with Crippen molar-refractivity contribution in [2.45, 2.75) is 24.2 Å². The molecule has 8 nitrogen and oxygen atoms in total. The molecule has 0 saturated carbocycles. The molecule has 178 valence electrons. The number of carbonyl (C=O) groups excluding carboxylic acids is 1. The number of pyridine rings is 1. The molecular formula is C16H11F6N5O3S3. The molecule has 0 saturated heterocycles.